The average molecular weight is 514 g/mol. The summed E-state index contributed by atoms with van der Waals surface area (Å²) in [5.41, 5.74) is 0. The Kier molecular flexibility index (Phi) is 14.7. The molecular weight excluding hydrogens is 482 g/mol. The summed E-state index contributed by atoms with van der Waals surface area (Å²) in [7, 11) is 8.59. The van der Waals surface area contributed by atoms with Crippen LogP contribution in [0.15, 0.2) is 0 Å². The van der Waals surface area contributed by atoms with Crippen molar-refractivity contribution in [1.29, 1.82) is 0 Å². The van der Waals surface area contributed by atoms with Gasteiger partial charge in [-0.1, -0.05) is 0 Å². The Morgan fingerprint density at radius 1 is 1.05 bits per heavy atom. The van der Waals surface area contributed by atoms with Crippen LogP contribution in [-0.4, -0.2) is 75.4 Å². The largest absolute Gasteiger partial charge is 1.00 e. The van der Waals surface area contributed by atoms with Crippen molar-refractivity contribution in [3.63, 3.8) is 0 Å². The van der Waals surface area contributed by atoms with Gasteiger partial charge in [0.2, 0.25) is 0 Å². The zero-order valence-electron chi connectivity index (χ0n) is 14.1. The second kappa shape index (κ2) is 11.4. The van der Waals surface area contributed by atoms with Crippen molar-refractivity contribution in [2.45, 2.75) is 33.2 Å². The first kappa shape index (κ1) is 25.8. The predicted molar refractivity (Wildman–Crippen MR) is 75.2 cm³/mol. The van der Waals surface area contributed by atoms with Gasteiger partial charge in [0, 0.05) is 0 Å². The Labute approximate surface area is 159 Å². The molecule has 0 radical (unpaired) electrons. The van der Waals surface area contributed by atoms with Crippen molar-refractivity contribution in [1.82, 2.24) is 0 Å². The van der Waals surface area contributed by atoms with Gasteiger partial charge in [-0.3, -0.25) is 4.79 Å². The lowest BCUT2D eigenvalue weighted by molar-refractivity contribution is -0.911. The summed E-state index contributed by atoms with van der Waals surface area (Å²) in [6.45, 7) is 9.84. The molecule has 20 heavy (non-hydrogen) atoms. The van der Waals surface area contributed by atoms with E-state index in [0.717, 1.165) is 28.6 Å². The molecule has 4 nitrogen and oxygen atoms in total. The number of carbonyl (C=O) groups is 1. The summed E-state index contributed by atoms with van der Waals surface area (Å²) in [6, 6.07) is 0.340. The van der Waals surface area contributed by atoms with Gasteiger partial charge in [0.1, 0.15) is 12.6 Å². The van der Waals surface area contributed by atoms with Crippen LogP contribution in [0.2, 0.25) is 0 Å². The van der Waals surface area contributed by atoms with E-state index in [9.17, 15) is 4.79 Å². The summed E-state index contributed by atoms with van der Waals surface area (Å²) < 4.78 is 7.11. The third-order valence-electron chi connectivity index (χ3n) is 4.27. The fourth-order valence-corrected chi connectivity index (χ4v) is 1.35. The number of quaternary nitrogens is 2. The molecule has 0 fully saturated rings. The number of esters is 1. The third-order valence-corrected chi connectivity index (χ3v) is 4.27. The Hall–Kier alpha value is 0.850. The van der Waals surface area contributed by atoms with E-state index in [1.165, 1.54) is 0 Å². The van der Waals surface area contributed by atoms with Crippen molar-refractivity contribution >= 4 is 5.97 Å². The Morgan fingerprint density at radius 2 is 1.55 bits per heavy atom. The van der Waals surface area contributed by atoms with Gasteiger partial charge in [-0.15, -0.1) is 0 Å². The van der Waals surface area contributed by atoms with Crippen LogP contribution in [0.4, 0.5) is 0 Å². The molecule has 0 aromatic carbocycles. The second-order valence-electron chi connectivity index (χ2n) is 6.35. The van der Waals surface area contributed by atoms with Gasteiger partial charge in [-0.2, -0.15) is 0 Å². The number of hydrogen-bond donors (Lipinski definition) is 0. The number of rotatable bonds is 8. The molecule has 0 aliphatic rings. The number of likely N-dealkylation sites (N-methyl/N-ethyl adjacent to an activating group) is 1. The molecular formula is C14H32I2N2O2. The van der Waals surface area contributed by atoms with E-state index in [4.69, 9.17) is 4.74 Å². The number of carbonyl (C=O) groups excluding carboxylic acids is 1. The van der Waals surface area contributed by atoms with E-state index in [2.05, 4.69) is 49.0 Å². The highest BCUT2D eigenvalue weighted by Crippen LogP contribution is 2.07. The van der Waals surface area contributed by atoms with Gasteiger partial charge < -0.3 is 61.7 Å². The molecule has 0 aliphatic heterocycles. The van der Waals surface area contributed by atoms with Crippen LogP contribution in [0.1, 0.15) is 27.2 Å². The van der Waals surface area contributed by atoms with Crippen molar-refractivity contribution in [2.75, 3.05) is 54.4 Å². The normalized spacial score (nSPS) is 12.9. The van der Waals surface area contributed by atoms with Gasteiger partial charge in [-0.05, 0) is 20.8 Å². The Balaban J connectivity index is -0.00000144. The van der Waals surface area contributed by atoms with E-state index in [-0.39, 0.29) is 53.9 Å². The van der Waals surface area contributed by atoms with Crippen LogP contribution in [-0.2, 0) is 9.53 Å². The molecule has 1 atom stereocenters. The predicted octanol–water partition coefficient (Wildman–Crippen LogP) is -4.49. The summed E-state index contributed by atoms with van der Waals surface area (Å²) in [5.74, 6) is -0.0717. The molecule has 0 aromatic rings. The quantitative estimate of drug-likeness (QED) is 0.186. The monoisotopic (exact) mass is 514 g/mol. The zero-order chi connectivity index (χ0) is 14.4. The molecule has 0 heterocycles. The molecule has 0 N–H and O–H groups in total. The molecule has 0 saturated heterocycles. The maximum Gasteiger partial charge on any atom is 0.311 e. The minimum absolute atomic E-state index is 0. The van der Waals surface area contributed by atoms with Gasteiger partial charge in [-0.25, -0.2) is 0 Å². The number of nitrogens with zero attached hydrogens (tertiary/aromatic N) is 2. The number of ether oxygens (including phenoxy) is 1. The van der Waals surface area contributed by atoms with Gasteiger partial charge >= 0.3 is 5.97 Å². The molecule has 0 rings (SSSR count). The lowest BCUT2D eigenvalue weighted by Crippen LogP contribution is -3.00. The van der Waals surface area contributed by atoms with Crippen LogP contribution in [0.25, 0.3) is 0 Å². The molecule has 0 amide bonds. The standard InChI is InChI=1S/C14H32N2O2.2HI/c1-8-15(4,5)11-10-14(17)18-12-13(3)16(6,7)9-2;;/h13H,8-12H2,1-7H3;2*1H/q+2;;/p-2. The summed E-state index contributed by atoms with van der Waals surface area (Å²) in [6.07, 6.45) is 0.507. The first-order chi connectivity index (χ1) is 8.14. The number of halogens is 2. The molecule has 1 unspecified atom stereocenters. The Bertz CT molecular complexity index is 272. The van der Waals surface area contributed by atoms with E-state index in [0.29, 0.717) is 19.1 Å². The highest BCUT2D eigenvalue weighted by molar-refractivity contribution is 5.69. The van der Waals surface area contributed by atoms with Crippen LogP contribution in [0.5, 0.6) is 0 Å². The van der Waals surface area contributed by atoms with E-state index >= 15 is 0 Å². The zero-order valence-corrected chi connectivity index (χ0v) is 18.4. The maximum atomic E-state index is 11.7. The Morgan fingerprint density at radius 3 is 1.95 bits per heavy atom. The highest BCUT2D eigenvalue weighted by Gasteiger charge is 2.23. The maximum absolute atomic E-state index is 11.7. The molecule has 0 aromatic heterocycles. The van der Waals surface area contributed by atoms with Crippen molar-refractivity contribution in [3.05, 3.63) is 0 Å². The molecule has 124 valence electrons. The van der Waals surface area contributed by atoms with E-state index in [1.54, 1.807) is 0 Å². The third kappa shape index (κ3) is 10.6. The minimum Gasteiger partial charge on any atom is -1.00 e. The van der Waals surface area contributed by atoms with Gasteiger partial charge in [0.25, 0.3) is 0 Å². The van der Waals surface area contributed by atoms with Crippen molar-refractivity contribution in [2.24, 2.45) is 0 Å². The van der Waals surface area contributed by atoms with Crippen LogP contribution >= 0.6 is 0 Å². The molecule has 0 aliphatic carbocycles. The van der Waals surface area contributed by atoms with Crippen LogP contribution in [0, 0.1) is 0 Å². The molecule has 0 spiro atoms. The number of hydrogen-bond acceptors (Lipinski definition) is 2. The lowest BCUT2D eigenvalue weighted by atomic mass is 10.2. The average Bonchev–Trinajstić information content (AvgIpc) is 2.33. The topological polar surface area (TPSA) is 26.3 Å². The van der Waals surface area contributed by atoms with Gasteiger partial charge in [0.05, 0.1) is 54.2 Å². The van der Waals surface area contributed by atoms with Gasteiger partial charge in [0.15, 0.2) is 0 Å². The highest BCUT2D eigenvalue weighted by atomic mass is 127. The second-order valence-corrected chi connectivity index (χ2v) is 6.35. The van der Waals surface area contributed by atoms with Crippen LogP contribution in [0.3, 0.4) is 0 Å². The summed E-state index contributed by atoms with van der Waals surface area (Å²) in [4.78, 5) is 11.7. The first-order valence-corrected chi connectivity index (χ1v) is 6.95. The lowest BCUT2D eigenvalue weighted by Gasteiger charge is -2.34. The molecule has 6 heteroatoms. The summed E-state index contributed by atoms with van der Waals surface area (Å²) >= 11 is 0. The fourth-order valence-electron chi connectivity index (χ4n) is 1.35. The smallest absolute Gasteiger partial charge is 0.311 e. The van der Waals surface area contributed by atoms with E-state index < -0.39 is 0 Å². The summed E-state index contributed by atoms with van der Waals surface area (Å²) in [5, 5.41) is 0. The van der Waals surface area contributed by atoms with Crippen molar-refractivity contribution in [3.8, 4) is 0 Å². The van der Waals surface area contributed by atoms with E-state index in [1.807, 2.05) is 0 Å². The first-order valence-electron chi connectivity index (χ1n) is 6.95. The minimum atomic E-state index is -0.0717. The SMILES string of the molecule is CC[N+](C)(C)CCC(=O)OCC(C)[N+](C)(C)CC.[I-].[I-]. The van der Waals surface area contributed by atoms with Crippen molar-refractivity contribution < 1.29 is 66.5 Å². The molecule has 0 saturated carbocycles. The van der Waals surface area contributed by atoms with Crippen LogP contribution < -0.4 is 48.0 Å². The fraction of sp³-hybridized carbons (Fsp3) is 0.929. The molecule has 0 bridgehead atoms.